The predicted octanol–water partition coefficient (Wildman–Crippen LogP) is 3.53. The average molecular weight is 353 g/mol. The van der Waals surface area contributed by atoms with E-state index in [0.717, 1.165) is 11.8 Å². The fraction of sp³-hybridized carbons (Fsp3) is 0.312. The molecule has 1 heterocycles. The van der Waals surface area contributed by atoms with E-state index in [1.807, 2.05) is 6.92 Å². The maximum atomic E-state index is 12.9. The molecule has 0 aromatic heterocycles. The Morgan fingerprint density at radius 1 is 1.43 bits per heavy atom. The number of carbonyl (C=O) groups is 2. The zero-order chi connectivity index (χ0) is 17.1. The minimum Gasteiger partial charge on any atom is -0.480 e. The Hall–Kier alpha value is -1.73. The molecule has 0 spiro atoms. The normalized spacial score (nSPS) is 19.3. The summed E-state index contributed by atoms with van der Waals surface area (Å²) >= 11 is 6.26. The molecule has 0 bridgehead atoms. The molecule has 0 unspecified atom stereocenters. The van der Waals surface area contributed by atoms with E-state index >= 15 is 0 Å². The molecule has 1 N–H and O–H groups in total. The lowest BCUT2D eigenvalue weighted by molar-refractivity contribution is -0.147. The molecule has 7 heteroatoms. The molecule has 2 atom stereocenters. The Morgan fingerprint density at radius 3 is 2.57 bits per heavy atom. The van der Waals surface area contributed by atoms with E-state index in [0.29, 0.717) is 16.9 Å². The first kappa shape index (κ1) is 17.6. The van der Waals surface area contributed by atoms with Gasteiger partial charge in [-0.25, -0.2) is 9.18 Å². The number of aliphatic carboxylic acids is 1. The standard InChI is InChI=1S/C16H16FNO3S2/c1-3-9(2)13(15(20)21)18-14(19)12(23-16(18)22)8-10-4-6-11(17)7-5-10/h4-9,13H,3H2,1-2H3,(H,20,21)/b12-8-/t9-,13-/m1/s1. The lowest BCUT2D eigenvalue weighted by Crippen LogP contribution is -2.47. The van der Waals surface area contributed by atoms with Crippen LogP contribution in [0, 0.1) is 11.7 Å². The summed E-state index contributed by atoms with van der Waals surface area (Å²) in [5, 5.41) is 9.45. The number of amides is 1. The third-order valence-electron chi connectivity index (χ3n) is 3.71. The molecule has 1 aliphatic heterocycles. The van der Waals surface area contributed by atoms with Gasteiger partial charge >= 0.3 is 5.97 Å². The number of hydrogen-bond donors (Lipinski definition) is 1. The van der Waals surface area contributed by atoms with E-state index in [1.165, 1.54) is 17.0 Å². The van der Waals surface area contributed by atoms with Crippen LogP contribution in [0.1, 0.15) is 25.8 Å². The van der Waals surface area contributed by atoms with Crippen LogP contribution in [-0.2, 0) is 9.59 Å². The van der Waals surface area contributed by atoms with Crippen molar-refractivity contribution >= 4 is 46.3 Å². The van der Waals surface area contributed by atoms with Crippen molar-refractivity contribution in [1.29, 1.82) is 0 Å². The minimum atomic E-state index is -1.07. The van der Waals surface area contributed by atoms with Gasteiger partial charge in [0.25, 0.3) is 5.91 Å². The molecule has 1 amide bonds. The number of hydrogen-bond acceptors (Lipinski definition) is 4. The highest BCUT2D eigenvalue weighted by molar-refractivity contribution is 8.26. The number of carboxylic acid groups (broad SMARTS) is 1. The van der Waals surface area contributed by atoms with Crippen LogP contribution < -0.4 is 0 Å². The Kier molecular flexibility index (Phi) is 5.54. The second-order valence-corrected chi connectivity index (χ2v) is 6.95. The Labute approximate surface area is 143 Å². The van der Waals surface area contributed by atoms with Crippen molar-refractivity contribution in [2.24, 2.45) is 5.92 Å². The number of thioether (sulfide) groups is 1. The third-order valence-corrected chi connectivity index (χ3v) is 5.04. The lowest BCUT2D eigenvalue weighted by Gasteiger charge is -2.27. The Bertz CT molecular complexity index is 672. The van der Waals surface area contributed by atoms with Crippen LogP contribution in [0.25, 0.3) is 6.08 Å². The fourth-order valence-electron chi connectivity index (χ4n) is 2.26. The number of thiocarbonyl (C=S) groups is 1. The van der Waals surface area contributed by atoms with Gasteiger partial charge in [0.15, 0.2) is 0 Å². The first-order valence-electron chi connectivity index (χ1n) is 7.10. The molecule has 0 aliphatic carbocycles. The van der Waals surface area contributed by atoms with Crippen molar-refractivity contribution in [2.45, 2.75) is 26.3 Å². The van der Waals surface area contributed by atoms with Gasteiger partial charge in [-0.1, -0.05) is 56.4 Å². The molecule has 0 radical (unpaired) electrons. The molecule has 1 aromatic rings. The van der Waals surface area contributed by atoms with E-state index < -0.39 is 17.9 Å². The number of halogens is 1. The van der Waals surface area contributed by atoms with Crippen LogP contribution in [0.3, 0.4) is 0 Å². The molecular formula is C16H16FNO3S2. The van der Waals surface area contributed by atoms with Gasteiger partial charge in [0.1, 0.15) is 16.2 Å². The summed E-state index contributed by atoms with van der Waals surface area (Å²) in [6.07, 6.45) is 2.21. The van der Waals surface area contributed by atoms with Crippen LogP contribution in [0.2, 0.25) is 0 Å². The summed E-state index contributed by atoms with van der Waals surface area (Å²) in [7, 11) is 0. The van der Waals surface area contributed by atoms with Crippen LogP contribution in [0.4, 0.5) is 4.39 Å². The van der Waals surface area contributed by atoms with Gasteiger partial charge in [-0.2, -0.15) is 0 Å². The highest BCUT2D eigenvalue weighted by Crippen LogP contribution is 2.35. The van der Waals surface area contributed by atoms with Gasteiger partial charge in [-0.15, -0.1) is 0 Å². The highest BCUT2D eigenvalue weighted by atomic mass is 32.2. The quantitative estimate of drug-likeness (QED) is 0.648. The summed E-state index contributed by atoms with van der Waals surface area (Å²) in [5.41, 5.74) is 0.655. The summed E-state index contributed by atoms with van der Waals surface area (Å²) in [5.74, 6) is -2.08. The molecule has 122 valence electrons. The van der Waals surface area contributed by atoms with Gasteiger partial charge in [0, 0.05) is 0 Å². The lowest BCUT2D eigenvalue weighted by atomic mass is 9.98. The van der Waals surface area contributed by atoms with Gasteiger partial charge in [-0.3, -0.25) is 9.69 Å². The largest absolute Gasteiger partial charge is 0.480 e. The van der Waals surface area contributed by atoms with Crippen LogP contribution in [-0.4, -0.2) is 32.2 Å². The fourth-order valence-corrected chi connectivity index (χ4v) is 3.59. The molecular weight excluding hydrogens is 337 g/mol. The number of carbonyl (C=O) groups excluding carboxylic acids is 1. The third kappa shape index (κ3) is 3.79. The summed E-state index contributed by atoms with van der Waals surface area (Å²) < 4.78 is 13.2. The molecule has 1 aromatic carbocycles. The first-order valence-corrected chi connectivity index (χ1v) is 8.33. The van der Waals surface area contributed by atoms with Crippen molar-refractivity contribution < 1.29 is 19.1 Å². The van der Waals surface area contributed by atoms with E-state index in [9.17, 15) is 19.1 Å². The van der Waals surface area contributed by atoms with Gasteiger partial charge < -0.3 is 5.11 Å². The molecule has 4 nitrogen and oxygen atoms in total. The van der Waals surface area contributed by atoms with Crippen LogP contribution >= 0.6 is 24.0 Å². The summed E-state index contributed by atoms with van der Waals surface area (Å²) in [4.78, 5) is 25.6. The van der Waals surface area contributed by atoms with Crippen molar-refractivity contribution in [3.8, 4) is 0 Å². The van der Waals surface area contributed by atoms with Gasteiger partial charge in [0.05, 0.1) is 4.91 Å². The molecule has 2 rings (SSSR count). The van der Waals surface area contributed by atoms with Gasteiger partial charge in [0.2, 0.25) is 0 Å². The molecule has 23 heavy (non-hydrogen) atoms. The highest BCUT2D eigenvalue weighted by Gasteiger charge is 2.42. The van der Waals surface area contributed by atoms with Crippen molar-refractivity contribution in [3.05, 3.63) is 40.6 Å². The number of benzene rings is 1. The van der Waals surface area contributed by atoms with Crippen molar-refractivity contribution in [2.75, 3.05) is 0 Å². The van der Waals surface area contributed by atoms with Crippen molar-refractivity contribution in [3.63, 3.8) is 0 Å². The SMILES string of the molecule is CC[C@@H](C)[C@H](C(=O)O)N1C(=O)/C(=C/c2ccc(F)cc2)SC1=S. The molecule has 1 aliphatic rings. The zero-order valence-electron chi connectivity index (χ0n) is 12.7. The van der Waals surface area contributed by atoms with E-state index in [-0.39, 0.29) is 16.1 Å². The summed E-state index contributed by atoms with van der Waals surface area (Å²) in [6.45, 7) is 3.65. The van der Waals surface area contributed by atoms with E-state index in [4.69, 9.17) is 12.2 Å². The Balaban J connectivity index is 2.32. The minimum absolute atomic E-state index is 0.222. The zero-order valence-corrected chi connectivity index (χ0v) is 14.3. The average Bonchev–Trinajstić information content (AvgIpc) is 2.77. The Morgan fingerprint density at radius 2 is 2.04 bits per heavy atom. The number of nitrogens with zero attached hydrogens (tertiary/aromatic N) is 1. The van der Waals surface area contributed by atoms with E-state index in [1.54, 1.807) is 25.1 Å². The number of rotatable bonds is 5. The monoisotopic (exact) mass is 353 g/mol. The first-order chi connectivity index (χ1) is 10.8. The maximum absolute atomic E-state index is 12.9. The van der Waals surface area contributed by atoms with Gasteiger partial charge in [-0.05, 0) is 29.7 Å². The van der Waals surface area contributed by atoms with E-state index in [2.05, 4.69) is 0 Å². The molecule has 1 fully saturated rings. The second kappa shape index (κ2) is 7.23. The summed E-state index contributed by atoms with van der Waals surface area (Å²) in [6, 6.07) is 4.71. The topological polar surface area (TPSA) is 57.6 Å². The molecule has 0 saturated carbocycles. The predicted molar refractivity (Wildman–Crippen MR) is 92.3 cm³/mol. The van der Waals surface area contributed by atoms with Crippen LogP contribution in [0.5, 0.6) is 0 Å². The van der Waals surface area contributed by atoms with Crippen LogP contribution in [0.15, 0.2) is 29.2 Å². The maximum Gasteiger partial charge on any atom is 0.327 e. The second-order valence-electron chi connectivity index (χ2n) is 5.27. The number of carboxylic acids is 1. The van der Waals surface area contributed by atoms with Crippen molar-refractivity contribution in [1.82, 2.24) is 4.90 Å². The molecule has 1 saturated heterocycles. The smallest absolute Gasteiger partial charge is 0.327 e.